The molecule has 8 nitrogen and oxygen atoms in total. The number of carbonyl (C=O) groups excluding carboxylic acids is 2. The van der Waals surface area contributed by atoms with Gasteiger partial charge in [-0.3, -0.25) is 24.6 Å². The molecule has 0 aromatic heterocycles. The first kappa shape index (κ1) is 22.6. The molecule has 2 rings (SSSR count). The highest BCUT2D eigenvalue weighted by atomic mass is 35.5. The van der Waals surface area contributed by atoms with Gasteiger partial charge in [-0.2, -0.15) is 0 Å². The summed E-state index contributed by atoms with van der Waals surface area (Å²) in [5.41, 5.74) is 1.78. The fraction of sp³-hybridized carbons (Fsp3) is 0.263. The van der Waals surface area contributed by atoms with Crippen LogP contribution in [-0.4, -0.2) is 41.8 Å². The van der Waals surface area contributed by atoms with Gasteiger partial charge in [0.25, 0.3) is 5.69 Å². The van der Waals surface area contributed by atoms with Gasteiger partial charge in [-0.05, 0) is 43.3 Å². The quantitative estimate of drug-likeness (QED) is 0.485. The summed E-state index contributed by atoms with van der Waals surface area (Å²) in [5.74, 6) is -0.750. The van der Waals surface area contributed by atoms with Crippen molar-refractivity contribution >= 4 is 46.4 Å². The lowest BCUT2D eigenvalue weighted by molar-refractivity contribution is -0.384. The molecule has 0 saturated carbocycles. The van der Waals surface area contributed by atoms with Crippen LogP contribution < -0.4 is 10.6 Å². The molecule has 0 unspecified atom stereocenters. The Labute approximate surface area is 177 Å². The predicted octanol–water partition coefficient (Wildman–Crippen LogP) is 3.40. The van der Waals surface area contributed by atoms with Crippen LogP contribution in [0.25, 0.3) is 0 Å². The van der Waals surface area contributed by atoms with Crippen molar-refractivity contribution in [2.75, 3.05) is 25.5 Å². The first-order valence-corrected chi connectivity index (χ1v) is 9.36. The number of nitrogens with one attached hydrogen (secondary N) is 2. The molecule has 154 valence electrons. The Morgan fingerprint density at radius 1 is 1.14 bits per heavy atom. The average Bonchev–Trinajstić information content (AvgIpc) is 2.65. The van der Waals surface area contributed by atoms with E-state index in [0.717, 1.165) is 5.56 Å². The predicted molar refractivity (Wildman–Crippen MR) is 112 cm³/mol. The summed E-state index contributed by atoms with van der Waals surface area (Å²) in [6, 6.07) is 9.30. The van der Waals surface area contributed by atoms with Gasteiger partial charge in [0.15, 0.2) is 0 Å². The number of hydrogen-bond acceptors (Lipinski definition) is 5. The molecule has 0 atom stereocenters. The molecule has 0 fully saturated rings. The maximum atomic E-state index is 12.1. The van der Waals surface area contributed by atoms with E-state index in [0.29, 0.717) is 21.3 Å². The van der Waals surface area contributed by atoms with Crippen molar-refractivity contribution in [3.05, 3.63) is 67.7 Å². The fourth-order valence-electron chi connectivity index (χ4n) is 2.56. The number of hydrogen-bond donors (Lipinski definition) is 2. The number of anilines is 1. The van der Waals surface area contributed by atoms with Gasteiger partial charge in [0.1, 0.15) is 0 Å². The van der Waals surface area contributed by atoms with Gasteiger partial charge in [0.05, 0.1) is 18.0 Å². The van der Waals surface area contributed by atoms with Crippen LogP contribution in [0.1, 0.15) is 11.1 Å². The van der Waals surface area contributed by atoms with Gasteiger partial charge < -0.3 is 10.6 Å². The molecule has 0 aliphatic heterocycles. The number of nitro groups is 1. The maximum absolute atomic E-state index is 12.1. The number of halogens is 2. The summed E-state index contributed by atoms with van der Waals surface area (Å²) < 4.78 is 0. The third kappa shape index (κ3) is 6.70. The lowest BCUT2D eigenvalue weighted by atomic mass is 10.2. The molecule has 2 aromatic carbocycles. The summed E-state index contributed by atoms with van der Waals surface area (Å²) in [6.45, 7) is 1.81. The van der Waals surface area contributed by atoms with E-state index >= 15 is 0 Å². The van der Waals surface area contributed by atoms with Crippen molar-refractivity contribution in [2.45, 2.75) is 13.5 Å². The molecule has 0 bridgehead atoms. The minimum absolute atomic E-state index is 0.0114. The van der Waals surface area contributed by atoms with E-state index in [1.807, 2.05) is 0 Å². The van der Waals surface area contributed by atoms with Gasteiger partial charge in [0.2, 0.25) is 11.8 Å². The topological polar surface area (TPSA) is 105 Å². The second-order valence-corrected chi connectivity index (χ2v) is 7.26. The number of carbonyl (C=O) groups is 2. The zero-order chi connectivity index (χ0) is 21.6. The van der Waals surface area contributed by atoms with Crippen molar-refractivity contribution in [1.82, 2.24) is 10.2 Å². The molecule has 0 radical (unpaired) electrons. The van der Waals surface area contributed by atoms with Crippen LogP contribution in [0.5, 0.6) is 0 Å². The lowest BCUT2D eigenvalue weighted by Crippen LogP contribution is -2.39. The Bertz CT molecular complexity index is 936. The van der Waals surface area contributed by atoms with Gasteiger partial charge in [-0.1, -0.05) is 29.3 Å². The van der Waals surface area contributed by atoms with Crippen molar-refractivity contribution in [3.8, 4) is 0 Å². The summed E-state index contributed by atoms with van der Waals surface area (Å²) >= 11 is 12.1. The Kier molecular flexibility index (Phi) is 7.95. The molecule has 0 spiro atoms. The Morgan fingerprint density at radius 3 is 2.55 bits per heavy atom. The van der Waals surface area contributed by atoms with Crippen LogP contribution in [0.2, 0.25) is 10.0 Å². The molecule has 29 heavy (non-hydrogen) atoms. The average molecular weight is 439 g/mol. The molecule has 2 amide bonds. The Balaban J connectivity index is 1.84. The molecule has 0 saturated heterocycles. The summed E-state index contributed by atoms with van der Waals surface area (Å²) in [6.07, 6.45) is 0. The molecule has 2 N–H and O–H groups in total. The molecular formula is C19H20Cl2N4O4. The van der Waals surface area contributed by atoms with E-state index in [-0.39, 0.29) is 37.1 Å². The highest BCUT2D eigenvalue weighted by molar-refractivity contribution is 6.32. The minimum atomic E-state index is -0.507. The third-order valence-electron chi connectivity index (χ3n) is 4.08. The van der Waals surface area contributed by atoms with Crippen molar-refractivity contribution in [1.29, 1.82) is 0 Å². The number of non-ortho nitro benzene ring substituents is 1. The molecule has 0 aliphatic rings. The zero-order valence-electron chi connectivity index (χ0n) is 15.9. The fourth-order valence-corrected chi connectivity index (χ4v) is 2.91. The van der Waals surface area contributed by atoms with E-state index in [1.165, 1.54) is 18.2 Å². The number of nitrogens with zero attached hydrogens (tertiary/aromatic N) is 2. The standard InChI is InChI=1S/C19H20Cl2N4O4/c1-12-15(20)4-3-5-17(12)23-18(26)9-22-19(27)11-24(2)10-13-8-14(25(28)29)6-7-16(13)21/h3-8H,9-11H2,1-2H3,(H,22,27)(H,23,26). The normalized spacial score (nSPS) is 10.7. The van der Waals surface area contributed by atoms with Crippen LogP contribution in [0, 0.1) is 17.0 Å². The first-order valence-electron chi connectivity index (χ1n) is 8.60. The van der Waals surface area contributed by atoms with Crippen LogP contribution in [0.3, 0.4) is 0 Å². The third-order valence-corrected chi connectivity index (χ3v) is 4.86. The van der Waals surface area contributed by atoms with E-state index < -0.39 is 4.92 Å². The number of nitro benzene ring substituents is 1. The highest BCUT2D eigenvalue weighted by Crippen LogP contribution is 2.23. The van der Waals surface area contributed by atoms with Crippen molar-refractivity contribution in [3.63, 3.8) is 0 Å². The van der Waals surface area contributed by atoms with Crippen LogP contribution in [0.4, 0.5) is 11.4 Å². The van der Waals surface area contributed by atoms with Crippen LogP contribution in [-0.2, 0) is 16.1 Å². The number of amides is 2. The Morgan fingerprint density at radius 2 is 1.86 bits per heavy atom. The number of benzene rings is 2. The van der Waals surface area contributed by atoms with E-state index in [1.54, 1.807) is 37.1 Å². The highest BCUT2D eigenvalue weighted by Gasteiger charge is 2.14. The van der Waals surface area contributed by atoms with Gasteiger partial charge >= 0.3 is 0 Å². The largest absolute Gasteiger partial charge is 0.346 e. The molecule has 2 aromatic rings. The number of likely N-dealkylation sites (N-methyl/N-ethyl adjacent to an activating group) is 1. The molecule has 10 heteroatoms. The van der Waals surface area contributed by atoms with E-state index in [9.17, 15) is 19.7 Å². The smallest absolute Gasteiger partial charge is 0.269 e. The van der Waals surface area contributed by atoms with E-state index in [2.05, 4.69) is 10.6 Å². The summed E-state index contributed by atoms with van der Waals surface area (Å²) in [5, 5.41) is 17.0. The number of rotatable bonds is 8. The lowest BCUT2D eigenvalue weighted by Gasteiger charge is -2.17. The molecule has 0 aliphatic carbocycles. The summed E-state index contributed by atoms with van der Waals surface area (Å²) in [4.78, 5) is 36.1. The van der Waals surface area contributed by atoms with Crippen LogP contribution in [0.15, 0.2) is 36.4 Å². The zero-order valence-corrected chi connectivity index (χ0v) is 17.4. The van der Waals surface area contributed by atoms with Crippen LogP contribution >= 0.6 is 23.2 Å². The minimum Gasteiger partial charge on any atom is -0.346 e. The SMILES string of the molecule is Cc1c(Cl)cccc1NC(=O)CNC(=O)CN(C)Cc1cc([N+](=O)[O-])ccc1Cl. The van der Waals surface area contributed by atoms with Crippen molar-refractivity contribution in [2.24, 2.45) is 0 Å². The summed E-state index contributed by atoms with van der Waals surface area (Å²) in [7, 11) is 1.67. The Hall–Kier alpha value is -2.68. The van der Waals surface area contributed by atoms with Gasteiger partial charge in [-0.15, -0.1) is 0 Å². The van der Waals surface area contributed by atoms with E-state index in [4.69, 9.17) is 23.2 Å². The monoisotopic (exact) mass is 438 g/mol. The van der Waals surface area contributed by atoms with Gasteiger partial charge in [0, 0.05) is 34.4 Å². The molecular weight excluding hydrogens is 419 g/mol. The molecule has 0 heterocycles. The maximum Gasteiger partial charge on any atom is 0.269 e. The first-order chi connectivity index (χ1) is 13.7. The van der Waals surface area contributed by atoms with Gasteiger partial charge in [-0.25, -0.2) is 0 Å². The second-order valence-electron chi connectivity index (χ2n) is 6.44. The van der Waals surface area contributed by atoms with Crippen molar-refractivity contribution < 1.29 is 14.5 Å². The second kappa shape index (κ2) is 10.2.